The summed E-state index contributed by atoms with van der Waals surface area (Å²) >= 11 is 1.25. The number of hydrogen-bond donors (Lipinski definition) is 2. The third-order valence-electron chi connectivity index (χ3n) is 3.99. The van der Waals surface area contributed by atoms with Crippen LogP contribution in [0.2, 0.25) is 0 Å². The molecule has 2 aromatic carbocycles. The zero-order valence-electron chi connectivity index (χ0n) is 14.4. The topological polar surface area (TPSA) is 88.9 Å². The van der Waals surface area contributed by atoms with Crippen molar-refractivity contribution >= 4 is 34.2 Å². The van der Waals surface area contributed by atoms with Crippen LogP contribution in [0.15, 0.2) is 60.7 Å². The van der Waals surface area contributed by atoms with Crippen molar-refractivity contribution in [1.29, 1.82) is 0 Å². The Labute approximate surface area is 162 Å². The van der Waals surface area contributed by atoms with Crippen molar-refractivity contribution in [2.45, 2.75) is 6.54 Å². The molecule has 0 saturated heterocycles. The number of carbonyl (C=O) groups excluding carboxylic acids is 2. The van der Waals surface area contributed by atoms with Gasteiger partial charge < -0.3 is 0 Å². The molecular weight excluding hydrogens is 381 g/mol. The number of benzene rings is 2. The Balaban J connectivity index is 1.36. The molecule has 0 aliphatic heterocycles. The molecule has 2 heterocycles. The molecule has 4 rings (SSSR count). The van der Waals surface area contributed by atoms with Crippen LogP contribution < -0.4 is 10.9 Å². The van der Waals surface area contributed by atoms with Crippen molar-refractivity contribution in [2.75, 3.05) is 0 Å². The number of amides is 2. The lowest BCUT2D eigenvalue weighted by Gasteiger charge is -2.06. The van der Waals surface area contributed by atoms with E-state index in [-0.39, 0.29) is 12.4 Å². The number of fused-ring (bicyclic) bond motifs is 1. The molecule has 2 N–H and O–H groups in total. The van der Waals surface area contributed by atoms with Crippen molar-refractivity contribution in [3.05, 3.63) is 71.4 Å². The van der Waals surface area contributed by atoms with Crippen molar-refractivity contribution in [2.24, 2.45) is 0 Å². The number of para-hydroxylation sites is 1. The molecule has 0 atom stereocenters. The molecule has 0 spiro atoms. The lowest BCUT2D eigenvalue weighted by Crippen LogP contribution is -2.43. The number of hydrazine groups is 1. The zero-order chi connectivity index (χ0) is 19.5. The standard InChI is InChI=1S/C19H14FN5O2S/c20-13-7-5-12(6-8-13)16-9-10-17(28-16)19(27)23-22-18(26)11-25-15-4-2-1-3-14(15)21-24-25/h1-10H,11H2,(H,22,26)(H,23,27). The van der Waals surface area contributed by atoms with E-state index in [0.29, 0.717) is 10.4 Å². The van der Waals surface area contributed by atoms with Crippen molar-refractivity contribution < 1.29 is 14.0 Å². The molecule has 140 valence electrons. The molecule has 0 radical (unpaired) electrons. The van der Waals surface area contributed by atoms with Gasteiger partial charge in [0.25, 0.3) is 11.8 Å². The first-order valence-corrected chi connectivity index (χ1v) is 9.15. The minimum Gasteiger partial charge on any atom is -0.271 e. The second kappa shape index (κ2) is 7.57. The fourth-order valence-electron chi connectivity index (χ4n) is 2.63. The van der Waals surface area contributed by atoms with Gasteiger partial charge in [-0.25, -0.2) is 9.07 Å². The summed E-state index contributed by atoms with van der Waals surface area (Å²) in [7, 11) is 0. The number of nitrogens with one attached hydrogen (secondary N) is 2. The van der Waals surface area contributed by atoms with Gasteiger partial charge in [0, 0.05) is 4.88 Å². The predicted molar refractivity (Wildman–Crippen MR) is 103 cm³/mol. The van der Waals surface area contributed by atoms with E-state index in [4.69, 9.17) is 0 Å². The van der Waals surface area contributed by atoms with Crippen molar-refractivity contribution in [3.8, 4) is 10.4 Å². The quantitative estimate of drug-likeness (QED) is 0.520. The van der Waals surface area contributed by atoms with Gasteiger partial charge in [0.1, 0.15) is 17.9 Å². The third-order valence-corrected chi connectivity index (χ3v) is 5.12. The van der Waals surface area contributed by atoms with Crippen LogP contribution in [0.4, 0.5) is 4.39 Å². The summed E-state index contributed by atoms with van der Waals surface area (Å²) in [6, 6.07) is 16.7. The van der Waals surface area contributed by atoms with Crippen LogP contribution >= 0.6 is 11.3 Å². The van der Waals surface area contributed by atoms with E-state index in [0.717, 1.165) is 16.0 Å². The molecule has 4 aromatic rings. The Morgan fingerprint density at radius 3 is 2.61 bits per heavy atom. The molecule has 2 aromatic heterocycles. The number of hydrogen-bond acceptors (Lipinski definition) is 5. The zero-order valence-corrected chi connectivity index (χ0v) is 15.2. The Morgan fingerprint density at radius 1 is 1.00 bits per heavy atom. The van der Waals surface area contributed by atoms with E-state index in [9.17, 15) is 14.0 Å². The van der Waals surface area contributed by atoms with Crippen LogP contribution in [0, 0.1) is 5.82 Å². The molecule has 7 nitrogen and oxygen atoms in total. The van der Waals surface area contributed by atoms with E-state index < -0.39 is 11.8 Å². The van der Waals surface area contributed by atoms with E-state index in [1.54, 1.807) is 30.3 Å². The molecule has 0 aliphatic rings. The Bertz CT molecular complexity index is 1150. The largest absolute Gasteiger partial charge is 0.279 e. The summed E-state index contributed by atoms with van der Waals surface area (Å²) in [6.07, 6.45) is 0. The summed E-state index contributed by atoms with van der Waals surface area (Å²) in [4.78, 5) is 25.6. The smallest absolute Gasteiger partial charge is 0.271 e. The first-order valence-electron chi connectivity index (χ1n) is 8.33. The first kappa shape index (κ1) is 17.8. The Kier molecular flexibility index (Phi) is 4.81. The lowest BCUT2D eigenvalue weighted by molar-refractivity contribution is -0.122. The van der Waals surface area contributed by atoms with E-state index in [2.05, 4.69) is 21.2 Å². The monoisotopic (exact) mass is 395 g/mol. The van der Waals surface area contributed by atoms with Gasteiger partial charge in [0.15, 0.2) is 0 Å². The number of thiophene rings is 1. The van der Waals surface area contributed by atoms with Gasteiger partial charge in [-0.2, -0.15) is 0 Å². The highest BCUT2D eigenvalue weighted by molar-refractivity contribution is 7.17. The summed E-state index contributed by atoms with van der Waals surface area (Å²) < 4.78 is 14.5. The van der Waals surface area contributed by atoms with Gasteiger partial charge >= 0.3 is 0 Å². The highest BCUT2D eigenvalue weighted by atomic mass is 32.1. The van der Waals surface area contributed by atoms with Gasteiger partial charge in [0.2, 0.25) is 0 Å². The maximum atomic E-state index is 13.0. The minimum atomic E-state index is -0.435. The van der Waals surface area contributed by atoms with Crippen LogP contribution in [0.1, 0.15) is 9.67 Å². The fourth-order valence-corrected chi connectivity index (χ4v) is 3.53. The van der Waals surface area contributed by atoms with Crippen LogP contribution in [-0.4, -0.2) is 26.8 Å². The van der Waals surface area contributed by atoms with Crippen molar-refractivity contribution in [1.82, 2.24) is 25.8 Å². The average Bonchev–Trinajstić information content (AvgIpc) is 3.35. The number of carbonyl (C=O) groups is 2. The molecule has 0 saturated carbocycles. The molecule has 9 heteroatoms. The van der Waals surface area contributed by atoms with E-state index >= 15 is 0 Å². The Morgan fingerprint density at radius 2 is 1.79 bits per heavy atom. The molecule has 2 amide bonds. The van der Waals surface area contributed by atoms with Crippen LogP contribution in [0.25, 0.3) is 21.5 Å². The molecule has 0 unspecified atom stereocenters. The first-order chi connectivity index (χ1) is 13.6. The lowest BCUT2D eigenvalue weighted by atomic mass is 10.2. The fraction of sp³-hybridized carbons (Fsp3) is 0.0526. The second-order valence-electron chi connectivity index (χ2n) is 5.91. The van der Waals surface area contributed by atoms with Gasteiger partial charge in [-0.05, 0) is 42.0 Å². The highest BCUT2D eigenvalue weighted by Crippen LogP contribution is 2.28. The summed E-state index contributed by atoms with van der Waals surface area (Å²) in [6.45, 7) is -0.0773. The Hall–Kier alpha value is -3.59. The predicted octanol–water partition coefficient (Wildman–Crippen LogP) is 2.76. The molecule has 0 aliphatic carbocycles. The van der Waals surface area contributed by atoms with E-state index in [1.807, 2.05) is 18.2 Å². The minimum absolute atomic E-state index is 0.0773. The number of halogens is 1. The maximum Gasteiger partial charge on any atom is 0.279 e. The van der Waals surface area contributed by atoms with Gasteiger partial charge in [-0.3, -0.25) is 20.4 Å². The summed E-state index contributed by atoms with van der Waals surface area (Å²) in [5.74, 6) is -1.18. The molecule has 0 fully saturated rings. The number of rotatable bonds is 4. The van der Waals surface area contributed by atoms with Crippen molar-refractivity contribution in [3.63, 3.8) is 0 Å². The number of nitrogens with zero attached hydrogens (tertiary/aromatic N) is 3. The average molecular weight is 395 g/mol. The summed E-state index contributed by atoms with van der Waals surface area (Å²) in [5, 5.41) is 7.91. The normalized spacial score (nSPS) is 10.8. The third kappa shape index (κ3) is 3.74. The van der Waals surface area contributed by atoms with Crippen LogP contribution in [0.3, 0.4) is 0 Å². The highest BCUT2D eigenvalue weighted by Gasteiger charge is 2.13. The molecule has 28 heavy (non-hydrogen) atoms. The van der Waals surface area contributed by atoms with E-state index in [1.165, 1.54) is 28.2 Å². The SMILES string of the molecule is O=C(Cn1nnc2ccccc21)NNC(=O)c1ccc(-c2ccc(F)cc2)s1. The van der Waals surface area contributed by atoms with Gasteiger partial charge in [-0.1, -0.05) is 29.5 Å². The van der Waals surface area contributed by atoms with Gasteiger partial charge in [-0.15, -0.1) is 16.4 Å². The van der Waals surface area contributed by atoms with Crippen LogP contribution in [0.5, 0.6) is 0 Å². The summed E-state index contributed by atoms with van der Waals surface area (Å²) in [5.41, 5.74) is 6.98. The maximum absolute atomic E-state index is 13.0. The molecular formula is C19H14FN5O2S. The number of aromatic nitrogens is 3. The second-order valence-corrected chi connectivity index (χ2v) is 6.99. The van der Waals surface area contributed by atoms with Crippen LogP contribution in [-0.2, 0) is 11.3 Å². The van der Waals surface area contributed by atoms with Gasteiger partial charge in [0.05, 0.1) is 10.4 Å². The molecule has 0 bridgehead atoms.